The van der Waals surface area contributed by atoms with Gasteiger partial charge in [-0.3, -0.25) is 9.48 Å². The lowest BCUT2D eigenvalue weighted by atomic mass is 9.98. The molecular weight excluding hydrogens is 264 g/mol. The third-order valence-corrected chi connectivity index (χ3v) is 3.56. The summed E-state index contributed by atoms with van der Waals surface area (Å²) in [5.41, 5.74) is 7.81. The Hall–Kier alpha value is -2.30. The van der Waals surface area contributed by atoms with E-state index in [-0.39, 0.29) is 5.91 Å². The number of aromatic nitrogens is 2. The number of rotatable bonds is 6. The lowest BCUT2D eigenvalue weighted by molar-refractivity contribution is 0.0947. The molecule has 1 heterocycles. The number of carbonyl (C=O) groups is 1. The van der Waals surface area contributed by atoms with E-state index < -0.39 is 0 Å². The highest BCUT2D eigenvalue weighted by Crippen LogP contribution is 2.17. The van der Waals surface area contributed by atoms with Crippen LogP contribution in [0.1, 0.15) is 42.2 Å². The van der Waals surface area contributed by atoms with Crippen molar-refractivity contribution in [2.24, 2.45) is 0 Å². The van der Waals surface area contributed by atoms with E-state index in [1.807, 2.05) is 25.1 Å². The second kappa shape index (κ2) is 6.92. The zero-order valence-corrected chi connectivity index (χ0v) is 12.5. The summed E-state index contributed by atoms with van der Waals surface area (Å²) in [7, 11) is 0. The van der Waals surface area contributed by atoms with Crippen molar-refractivity contribution >= 4 is 11.6 Å². The number of hydrogen-bond donors (Lipinski definition) is 2. The Bertz CT molecular complexity index is 592. The molecular formula is C16H22N4O. The summed E-state index contributed by atoms with van der Waals surface area (Å²) in [6, 6.07) is 10.3. The first-order valence-electron chi connectivity index (χ1n) is 7.28. The summed E-state index contributed by atoms with van der Waals surface area (Å²) >= 11 is 0. The van der Waals surface area contributed by atoms with E-state index in [2.05, 4.69) is 29.5 Å². The maximum Gasteiger partial charge on any atom is 0.273 e. The van der Waals surface area contributed by atoms with Crippen molar-refractivity contribution in [3.8, 4) is 0 Å². The van der Waals surface area contributed by atoms with Gasteiger partial charge in [0.15, 0.2) is 5.69 Å². The molecule has 1 amide bonds. The molecule has 5 heteroatoms. The van der Waals surface area contributed by atoms with Crippen molar-refractivity contribution in [1.29, 1.82) is 0 Å². The van der Waals surface area contributed by atoms with Crippen molar-refractivity contribution in [3.05, 3.63) is 47.8 Å². The number of benzene rings is 1. The molecule has 1 unspecified atom stereocenters. The van der Waals surface area contributed by atoms with E-state index in [1.165, 1.54) is 5.56 Å². The SMILES string of the molecule is CCn1cc(N)c(C(=O)NCCC(C)c2ccccc2)n1. The Morgan fingerprint density at radius 2 is 2.10 bits per heavy atom. The van der Waals surface area contributed by atoms with Gasteiger partial charge in [-0.25, -0.2) is 0 Å². The Morgan fingerprint density at radius 3 is 2.71 bits per heavy atom. The molecule has 0 aliphatic heterocycles. The molecule has 0 saturated carbocycles. The minimum absolute atomic E-state index is 0.208. The number of hydrogen-bond acceptors (Lipinski definition) is 3. The zero-order valence-electron chi connectivity index (χ0n) is 12.5. The summed E-state index contributed by atoms with van der Waals surface area (Å²) in [6.07, 6.45) is 2.56. The molecule has 2 rings (SSSR count). The van der Waals surface area contributed by atoms with Crippen LogP contribution in [0.4, 0.5) is 5.69 Å². The quantitative estimate of drug-likeness (QED) is 0.856. The molecule has 112 valence electrons. The molecule has 0 spiro atoms. The van der Waals surface area contributed by atoms with Crippen LogP contribution < -0.4 is 11.1 Å². The van der Waals surface area contributed by atoms with E-state index in [1.54, 1.807) is 10.9 Å². The summed E-state index contributed by atoms with van der Waals surface area (Å²) in [5, 5.41) is 7.05. The molecule has 3 N–H and O–H groups in total. The van der Waals surface area contributed by atoms with E-state index in [0.29, 0.717) is 30.4 Å². The summed E-state index contributed by atoms with van der Waals surface area (Å²) in [4.78, 5) is 12.0. The number of nitrogens with zero attached hydrogens (tertiary/aromatic N) is 2. The van der Waals surface area contributed by atoms with Gasteiger partial charge in [0.1, 0.15) is 0 Å². The minimum Gasteiger partial charge on any atom is -0.396 e. The standard InChI is InChI=1S/C16H22N4O/c1-3-20-11-14(17)15(19-20)16(21)18-10-9-12(2)13-7-5-4-6-8-13/h4-8,11-12H,3,9-10,17H2,1-2H3,(H,18,21). The molecule has 0 bridgehead atoms. The maximum absolute atomic E-state index is 12.0. The first-order chi connectivity index (χ1) is 10.1. The lowest BCUT2D eigenvalue weighted by Gasteiger charge is -2.12. The number of nitrogen functional groups attached to an aromatic ring is 1. The van der Waals surface area contributed by atoms with E-state index in [0.717, 1.165) is 6.42 Å². The molecule has 0 saturated heterocycles. The van der Waals surface area contributed by atoms with Crippen LogP contribution in [0.15, 0.2) is 36.5 Å². The number of anilines is 1. The fraction of sp³-hybridized carbons (Fsp3) is 0.375. The van der Waals surface area contributed by atoms with Crippen LogP contribution in [0.2, 0.25) is 0 Å². The maximum atomic E-state index is 12.0. The van der Waals surface area contributed by atoms with Gasteiger partial charge in [-0.2, -0.15) is 5.10 Å². The Balaban J connectivity index is 1.85. The number of nitrogens with two attached hydrogens (primary N) is 1. The van der Waals surface area contributed by atoms with Gasteiger partial charge < -0.3 is 11.1 Å². The zero-order chi connectivity index (χ0) is 15.2. The fourth-order valence-electron chi connectivity index (χ4n) is 2.21. The molecule has 0 aliphatic rings. The van der Waals surface area contributed by atoms with Gasteiger partial charge in [-0.1, -0.05) is 37.3 Å². The average Bonchev–Trinajstić information content (AvgIpc) is 2.89. The van der Waals surface area contributed by atoms with Crippen LogP contribution in [0, 0.1) is 0 Å². The fourth-order valence-corrected chi connectivity index (χ4v) is 2.21. The topological polar surface area (TPSA) is 72.9 Å². The number of amides is 1. The normalized spacial score (nSPS) is 12.1. The third-order valence-electron chi connectivity index (χ3n) is 3.56. The second-order valence-corrected chi connectivity index (χ2v) is 5.15. The highest BCUT2D eigenvalue weighted by atomic mass is 16.1. The predicted octanol–water partition coefficient (Wildman–Crippen LogP) is 2.41. The highest BCUT2D eigenvalue weighted by molar-refractivity contribution is 5.96. The second-order valence-electron chi connectivity index (χ2n) is 5.15. The van der Waals surface area contributed by atoms with Crippen LogP contribution in [-0.2, 0) is 6.54 Å². The van der Waals surface area contributed by atoms with Crippen molar-refractivity contribution in [1.82, 2.24) is 15.1 Å². The van der Waals surface area contributed by atoms with Crippen molar-refractivity contribution in [2.45, 2.75) is 32.7 Å². The largest absolute Gasteiger partial charge is 0.396 e. The van der Waals surface area contributed by atoms with Gasteiger partial charge in [-0.05, 0) is 24.8 Å². The lowest BCUT2D eigenvalue weighted by Crippen LogP contribution is -2.26. The van der Waals surface area contributed by atoms with Crippen molar-refractivity contribution < 1.29 is 4.79 Å². The van der Waals surface area contributed by atoms with Crippen LogP contribution >= 0.6 is 0 Å². The molecule has 0 aliphatic carbocycles. The van der Waals surface area contributed by atoms with Gasteiger partial charge in [-0.15, -0.1) is 0 Å². The van der Waals surface area contributed by atoms with Crippen LogP contribution in [-0.4, -0.2) is 22.2 Å². The molecule has 0 fully saturated rings. The first-order valence-corrected chi connectivity index (χ1v) is 7.28. The van der Waals surface area contributed by atoms with Gasteiger partial charge in [0.2, 0.25) is 0 Å². The molecule has 0 radical (unpaired) electrons. The van der Waals surface area contributed by atoms with Crippen molar-refractivity contribution in [3.63, 3.8) is 0 Å². The van der Waals surface area contributed by atoms with Gasteiger partial charge >= 0.3 is 0 Å². The summed E-state index contributed by atoms with van der Waals surface area (Å²) in [5.74, 6) is 0.192. The van der Waals surface area contributed by atoms with Crippen molar-refractivity contribution in [2.75, 3.05) is 12.3 Å². The Morgan fingerprint density at radius 1 is 1.38 bits per heavy atom. The highest BCUT2D eigenvalue weighted by Gasteiger charge is 2.14. The molecule has 5 nitrogen and oxygen atoms in total. The number of carbonyl (C=O) groups excluding carboxylic acids is 1. The summed E-state index contributed by atoms with van der Waals surface area (Å²) in [6.45, 7) is 5.41. The molecule has 1 aromatic carbocycles. The van der Waals surface area contributed by atoms with Crippen LogP contribution in [0.25, 0.3) is 0 Å². The smallest absolute Gasteiger partial charge is 0.273 e. The van der Waals surface area contributed by atoms with Crippen LogP contribution in [0.3, 0.4) is 0 Å². The summed E-state index contributed by atoms with van der Waals surface area (Å²) < 4.78 is 1.66. The Kier molecular flexibility index (Phi) is 4.98. The minimum atomic E-state index is -0.208. The predicted molar refractivity (Wildman–Crippen MR) is 84.1 cm³/mol. The first kappa shape index (κ1) is 15.1. The van der Waals surface area contributed by atoms with Gasteiger partial charge in [0.05, 0.1) is 5.69 Å². The molecule has 2 aromatic rings. The monoisotopic (exact) mass is 286 g/mol. The number of aryl methyl sites for hydroxylation is 1. The van der Waals surface area contributed by atoms with Crippen LogP contribution in [0.5, 0.6) is 0 Å². The van der Waals surface area contributed by atoms with E-state index >= 15 is 0 Å². The average molecular weight is 286 g/mol. The number of nitrogens with one attached hydrogen (secondary N) is 1. The third kappa shape index (κ3) is 3.84. The molecule has 1 atom stereocenters. The molecule has 1 aromatic heterocycles. The van der Waals surface area contributed by atoms with Gasteiger partial charge in [0, 0.05) is 19.3 Å². The Labute approximate surface area is 125 Å². The van der Waals surface area contributed by atoms with E-state index in [4.69, 9.17) is 5.73 Å². The van der Waals surface area contributed by atoms with E-state index in [9.17, 15) is 4.79 Å². The molecule has 21 heavy (non-hydrogen) atoms. The van der Waals surface area contributed by atoms with Gasteiger partial charge in [0.25, 0.3) is 5.91 Å².